The smallest absolute Gasteiger partial charge is 0.326 e. The summed E-state index contributed by atoms with van der Waals surface area (Å²) >= 11 is 0. The van der Waals surface area contributed by atoms with E-state index in [4.69, 9.17) is 0 Å². The second-order valence-electron chi connectivity index (χ2n) is 9.16. The topological polar surface area (TPSA) is 173 Å². The van der Waals surface area contributed by atoms with E-state index in [0.717, 1.165) is 11.5 Å². The SMILES string of the molecule is CCC(C)C(NC(=O)CC(O)/C=C/CCSSCC/C=C/C(O)CC(=O)NC(C(=O)O)C(C)CC)C(=O)O. The van der Waals surface area contributed by atoms with Gasteiger partial charge in [-0.1, -0.05) is 86.4 Å². The van der Waals surface area contributed by atoms with Crippen LogP contribution >= 0.6 is 21.6 Å². The molecule has 10 nitrogen and oxygen atoms in total. The van der Waals surface area contributed by atoms with E-state index in [1.807, 2.05) is 13.8 Å². The molecule has 218 valence electrons. The molecule has 0 saturated heterocycles. The van der Waals surface area contributed by atoms with Crippen LogP contribution in [-0.2, 0) is 19.2 Å². The molecule has 2 amide bonds. The molecule has 0 radical (unpaired) electrons. The molecule has 0 aliphatic heterocycles. The lowest BCUT2D eigenvalue weighted by Crippen LogP contribution is -2.45. The van der Waals surface area contributed by atoms with Gasteiger partial charge in [-0.25, -0.2) is 9.59 Å². The van der Waals surface area contributed by atoms with Crippen molar-refractivity contribution in [3.63, 3.8) is 0 Å². The quantitative estimate of drug-likeness (QED) is 0.0677. The first-order valence-corrected chi connectivity index (χ1v) is 15.4. The van der Waals surface area contributed by atoms with E-state index < -0.39 is 48.0 Å². The lowest BCUT2D eigenvalue weighted by atomic mass is 9.99. The maximum atomic E-state index is 12.0. The monoisotopic (exact) mass is 576 g/mol. The Morgan fingerprint density at radius 1 is 0.711 bits per heavy atom. The van der Waals surface area contributed by atoms with Gasteiger partial charge in [-0.05, 0) is 24.7 Å². The number of carbonyl (C=O) groups excluding carboxylic acids is 2. The van der Waals surface area contributed by atoms with Crippen molar-refractivity contribution in [2.75, 3.05) is 11.5 Å². The number of aliphatic hydroxyl groups excluding tert-OH is 2. The van der Waals surface area contributed by atoms with Gasteiger partial charge in [0.25, 0.3) is 0 Å². The van der Waals surface area contributed by atoms with Gasteiger partial charge >= 0.3 is 11.9 Å². The highest BCUT2D eigenvalue weighted by Gasteiger charge is 2.26. The van der Waals surface area contributed by atoms with Crippen LogP contribution in [0.2, 0.25) is 0 Å². The van der Waals surface area contributed by atoms with Crippen LogP contribution in [0.25, 0.3) is 0 Å². The molecule has 0 bridgehead atoms. The number of amides is 2. The number of aliphatic carboxylic acids is 2. The van der Waals surface area contributed by atoms with Crippen molar-refractivity contribution in [1.82, 2.24) is 10.6 Å². The van der Waals surface area contributed by atoms with E-state index in [9.17, 15) is 39.6 Å². The molecule has 0 fully saturated rings. The first-order valence-electron chi connectivity index (χ1n) is 12.9. The summed E-state index contributed by atoms with van der Waals surface area (Å²) in [7, 11) is 3.29. The number of carboxylic acid groups (broad SMARTS) is 2. The number of aliphatic hydroxyl groups is 2. The molecule has 0 aromatic heterocycles. The van der Waals surface area contributed by atoms with Gasteiger partial charge in [0, 0.05) is 11.5 Å². The molecule has 0 rings (SSSR count). The maximum absolute atomic E-state index is 12.0. The number of carbonyl (C=O) groups is 4. The average molecular weight is 577 g/mol. The van der Waals surface area contributed by atoms with Crippen LogP contribution in [0.5, 0.6) is 0 Å². The Kier molecular flexibility index (Phi) is 19.8. The molecule has 0 heterocycles. The van der Waals surface area contributed by atoms with Crippen LogP contribution in [0.1, 0.15) is 66.2 Å². The van der Waals surface area contributed by atoms with Crippen LogP contribution in [-0.4, -0.2) is 80.0 Å². The zero-order valence-corrected chi connectivity index (χ0v) is 24.3. The number of hydrogen-bond acceptors (Lipinski definition) is 8. The van der Waals surface area contributed by atoms with Crippen LogP contribution < -0.4 is 10.6 Å². The summed E-state index contributed by atoms with van der Waals surface area (Å²) < 4.78 is 0. The second-order valence-corrected chi connectivity index (χ2v) is 11.9. The molecule has 0 aromatic carbocycles. The van der Waals surface area contributed by atoms with Crippen molar-refractivity contribution in [1.29, 1.82) is 0 Å². The summed E-state index contributed by atoms with van der Waals surface area (Å²) in [6, 6.07) is -1.94. The minimum atomic E-state index is -1.09. The van der Waals surface area contributed by atoms with Crippen molar-refractivity contribution >= 4 is 45.3 Å². The molecule has 0 aliphatic rings. The van der Waals surface area contributed by atoms with Gasteiger partial charge in [-0.2, -0.15) is 0 Å². The Balaban J connectivity index is 4.06. The molecular formula is C26H44N2O8S2. The van der Waals surface area contributed by atoms with E-state index in [2.05, 4.69) is 10.6 Å². The largest absolute Gasteiger partial charge is 0.480 e. The summed E-state index contributed by atoms with van der Waals surface area (Å²) in [5, 5.41) is 43.3. The molecule has 12 heteroatoms. The lowest BCUT2D eigenvalue weighted by molar-refractivity contribution is -0.143. The Morgan fingerprint density at radius 3 is 1.34 bits per heavy atom. The molecule has 6 unspecified atom stereocenters. The van der Waals surface area contributed by atoms with Crippen molar-refractivity contribution < 1.29 is 39.6 Å². The lowest BCUT2D eigenvalue weighted by Gasteiger charge is -2.20. The van der Waals surface area contributed by atoms with Crippen LogP contribution in [0.4, 0.5) is 0 Å². The molecule has 38 heavy (non-hydrogen) atoms. The molecule has 0 spiro atoms. The fourth-order valence-corrected chi connectivity index (χ4v) is 5.19. The summed E-state index contributed by atoms with van der Waals surface area (Å²) in [6.07, 6.45) is 6.88. The predicted octanol–water partition coefficient (Wildman–Crippen LogP) is 2.99. The Labute approximate surface area is 233 Å². The first kappa shape index (κ1) is 36.0. The molecule has 0 saturated carbocycles. The van der Waals surface area contributed by atoms with Crippen molar-refractivity contribution in [2.45, 2.75) is 90.5 Å². The van der Waals surface area contributed by atoms with E-state index in [-0.39, 0.29) is 24.7 Å². The first-order chi connectivity index (χ1) is 17.9. The van der Waals surface area contributed by atoms with Gasteiger partial charge in [0.15, 0.2) is 0 Å². The standard InChI is InChI=1S/C26H44N2O8S2/c1-5-17(3)23(25(33)34)27-21(31)15-19(29)11-7-9-13-37-38-14-10-8-12-20(30)16-22(32)28-24(26(35)36)18(4)6-2/h7-8,11-12,17-20,23-24,29-30H,5-6,9-10,13-16H2,1-4H3,(H,27,31)(H,28,32)(H,33,34)(H,35,36)/b11-7+,12-8+. The van der Waals surface area contributed by atoms with E-state index in [1.54, 1.807) is 47.6 Å². The highest BCUT2D eigenvalue weighted by Crippen LogP contribution is 2.23. The summed E-state index contributed by atoms with van der Waals surface area (Å²) in [4.78, 5) is 46.6. The zero-order chi connectivity index (χ0) is 29.1. The minimum absolute atomic E-state index is 0.198. The fraction of sp³-hybridized carbons (Fsp3) is 0.692. The van der Waals surface area contributed by atoms with Crippen LogP contribution in [0.3, 0.4) is 0 Å². The highest BCUT2D eigenvalue weighted by atomic mass is 33.1. The Hall–Kier alpha value is -2.02. The molecular weight excluding hydrogens is 532 g/mol. The van der Waals surface area contributed by atoms with Gasteiger partial charge < -0.3 is 31.1 Å². The third kappa shape index (κ3) is 16.7. The van der Waals surface area contributed by atoms with Gasteiger partial charge in [-0.15, -0.1) is 0 Å². The van der Waals surface area contributed by atoms with Crippen molar-refractivity contribution in [3.8, 4) is 0 Å². The molecule has 0 aromatic rings. The number of nitrogens with one attached hydrogen (secondary N) is 2. The number of allylic oxidation sites excluding steroid dienone is 2. The van der Waals surface area contributed by atoms with Gasteiger partial charge in [0.2, 0.25) is 11.8 Å². The Bertz CT molecular complexity index is 729. The predicted molar refractivity (Wildman–Crippen MR) is 152 cm³/mol. The third-order valence-electron chi connectivity index (χ3n) is 5.92. The summed E-state index contributed by atoms with van der Waals surface area (Å²) in [5.74, 6) is -2.02. The number of rotatable bonds is 21. The molecule has 6 N–H and O–H groups in total. The average Bonchev–Trinajstić information content (AvgIpc) is 2.85. The number of hydrogen-bond donors (Lipinski definition) is 6. The van der Waals surface area contributed by atoms with E-state index in [1.165, 1.54) is 12.2 Å². The van der Waals surface area contributed by atoms with E-state index in [0.29, 0.717) is 25.7 Å². The second kappa shape index (κ2) is 20.9. The van der Waals surface area contributed by atoms with Gasteiger partial charge in [0.1, 0.15) is 12.1 Å². The maximum Gasteiger partial charge on any atom is 0.326 e. The zero-order valence-electron chi connectivity index (χ0n) is 22.7. The van der Waals surface area contributed by atoms with Crippen LogP contribution in [0.15, 0.2) is 24.3 Å². The third-order valence-corrected chi connectivity index (χ3v) is 8.39. The van der Waals surface area contributed by atoms with Gasteiger partial charge in [0.05, 0.1) is 25.0 Å². The van der Waals surface area contributed by atoms with E-state index >= 15 is 0 Å². The van der Waals surface area contributed by atoms with Crippen molar-refractivity contribution in [2.24, 2.45) is 11.8 Å². The normalized spacial score (nSPS) is 16.5. The molecule has 6 atom stereocenters. The van der Waals surface area contributed by atoms with Crippen LogP contribution in [0, 0.1) is 11.8 Å². The minimum Gasteiger partial charge on any atom is -0.480 e. The Morgan fingerprint density at radius 2 is 1.05 bits per heavy atom. The summed E-state index contributed by atoms with van der Waals surface area (Å²) in [6.45, 7) is 7.20. The van der Waals surface area contributed by atoms with Gasteiger partial charge in [-0.3, -0.25) is 9.59 Å². The highest BCUT2D eigenvalue weighted by molar-refractivity contribution is 8.76. The molecule has 0 aliphatic carbocycles. The van der Waals surface area contributed by atoms with Crippen molar-refractivity contribution in [3.05, 3.63) is 24.3 Å². The fourth-order valence-electron chi connectivity index (χ4n) is 3.20. The number of carboxylic acids is 2. The summed E-state index contributed by atoms with van der Waals surface area (Å²) in [5.41, 5.74) is 0.